The summed E-state index contributed by atoms with van der Waals surface area (Å²) in [5.41, 5.74) is 1.34. The van der Waals surface area contributed by atoms with Crippen molar-refractivity contribution in [2.45, 2.75) is 58.4 Å². The zero-order valence-corrected chi connectivity index (χ0v) is 13.9. The topological polar surface area (TPSA) is 21.3 Å². The number of hydrogen-bond acceptors (Lipinski definition) is 2. The SMILES string of the molecule is CCCNC(Cc1ccccc1OC)C1CCC(C)CC1. The third-order valence-corrected chi connectivity index (χ3v) is 4.92. The molecule has 0 aromatic heterocycles. The molecule has 1 aliphatic rings. The smallest absolute Gasteiger partial charge is 0.122 e. The van der Waals surface area contributed by atoms with Crippen molar-refractivity contribution in [3.63, 3.8) is 0 Å². The third kappa shape index (κ3) is 4.74. The van der Waals surface area contributed by atoms with Crippen LogP contribution in [0.15, 0.2) is 24.3 Å². The molecule has 118 valence electrons. The first-order chi connectivity index (χ1) is 10.2. The Morgan fingerprint density at radius 2 is 1.90 bits per heavy atom. The van der Waals surface area contributed by atoms with Gasteiger partial charge in [0.05, 0.1) is 7.11 Å². The van der Waals surface area contributed by atoms with Crippen LogP contribution in [0.1, 0.15) is 51.5 Å². The highest BCUT2D eigenvalue weighted by molar-refractivity contribution is 5.34. The molecule has 0 aliphatic heterocycles. The summed E-state index contributed by atoms with van der Waals surface area (Å²) in [6.45, 7) is 5.76. The van der Waals surface area contributed by atoms with Gasteiger partial charge in [-0.3, -0.25) is 0 Å². The summed E-state index contributed by atoms with van der Waals surface area (Å²) < 4.78 is 5.53. The Morgan fingerprint density at radius 1 is 1.19 bits per heavy atom. The lowest BCUT2D eigenvalue weighted by atomic mass is 9.77. The predicted octanol–water partition coefficient (Wildman–Crippen LogP) is 4.43. The quantitative estimate of drug-likeness (QED) is 0.801. The Kier molecular flexibility index (Phi) is 6.56. The second kappa shape index (κ2) is 8.43. The minimum Gasteiger partial charge on any atom is -0.496 e. The van der Waals surface area contributed by atoms with Gasteiger partial charge in [0.2, 0.25) is 0 Å². The molecule has 0 bridgehead atoms. The van der Waals surface area contributed by atoms with Crippen LogP contribution in [-0.2, 0) is 6.42 Å². The molecule has 1 fully saturated rings. The molecule has 2 heteroatoms. The third-order valence-electron chi connectivity index (χ3n) is 4.92. The van der Waals surface area contributed by atoms with E-state index in [-0.39, 0.29) is 0 Å². The number of rotatable bonds is 7. The van der Waals surface area contributed by atoms with Crippen LogP contribution in [0.5, 0.6) is 5.75 Å². The van der Waals surface area contributed by atoms with Gasteiger partial charge in [-0.25, -0.2) is 0 Å². The van der Waals surface area contributed by atoms with Gasteiger partial charge in [-0.1, -0.05) is 44.9 Å². The minimum atomic E-state index is 0.591. The van der Waals surface area contributed by atoms with Crippen LogP contribution >= 0.6 is 0 Å². The van der Waals surface area contributed by atoms with Gasteiger partial charge in [0.25, 0.3) is 0 Å². The first-order valence-corrected chi connectivity index (χ1v) is 8.59. The van der Waals surface area contributed by atoms with Gasteiger partial charge in [-0.05, 0) is 55.7 Å². The Morgan fingerprint density at radius 3 is 2.57 bits per heavy atom. The maximum atomic E-state index is 5.53. The lowest BCUT2D eigenvalue weighted by molar-refractivity contribution is 0.228. The standard InChI is InChI=1S/C19H31NO/c1-4-13-20-18(16-11-9-15(2)10-12-16)14-17-7-5-6-8-19(17)21-3/h5-8,15-16,18,20H,4,9-14H2,1-3H3. The van der Waals surface area contributed by atoms with E-state index in [1.165, 1.54) is 37.7 Å². The van der Waals surface area contributed by atoms with Crippen LogP contribution in [0.4, 0.5) is 0 Å². The number of para-hydroxylation sites is 1. The summed E-state index contributed by atoms with van der Waals surface area (Å²) in [7, 11) is 1.77. The normalized spacial score (nSPS) is 23.8. The number of ether oxygens (including phenoxy) is 1. The average molecular weight is 289 g/mol. The van der Waals surface area contributed by atoms with Crippen molar-refractivity contribution in [2.24, 2.45) is 11.8 Å². The van der Waals surface area contributed by atoms with E-state index in [1.54, 1.807) is 7.11 Å². The van der Waals surface area contributed by atoms with Crippen LogP contribution in [0, 0.1) is 11.8 Å². The summed E-state index contributed by atoms with van der Waals surface area (Å²) in [6.07, 6.45) is 7.81. The zero-order chi connectivity index (χ0) is 15.1. The Bertz CT molecular complexity index is 410. The summed E-state index contributed by atoms with van der Waals surface area (Å²) in [6, 6.07) is 9.06. The molecule has 0 amide bonds. The van der Waals surface area contributed by atoms with Crippen LogP contribution < -0.4 is 10.1 Å². The summed E-state index contributed by atoms with van der Waals surface area (Å²) in [5, 5.41) is 3.80. The molecule has 1 aromatic rings. The fourth-order valence-corrected chi connectivity index (χ4v) is 3.53. The van der Waals surface area contributed by atoms with E-state index in [4.69, 9.17) is 4.74 Å². The highest BCUT2D eigenvalue weighted by Crippen LogP contribution is 2.32. The number of hydrogen-bond donors (Lipinski definition) is 1. The van der Waals surface area contributed by atoms with Crippen LogP contribution in [-0.4, -0.2) is 19.7 Å². The van der Waals surface area contributed by atoms with Gasteiger partial charge in [0, 0.05) is 6.04 Å². The van der Waals surface area contributed by atoms with Crippen molar-refractivity contribution in [3.05, 3.63) is 29.8 Å². The summed E-state index contributed by atoms with van der Waals surface area (Å²) in [5.74, 6) is 2.77. The average Bonchev–Trinajstić information content (AvgIpc) is 2.52. The van der Waals surface area contributed by atoms with Crippen LogP contribution in [0.3, 0.4) is 0 Å². The van der Waals surface area contributed by atoms with E-state index < -0.39 is 0 Å². The predicted molar refractivity (Wildman–Crippen MR) is 89.9 cm³/mol. The maximum Gasteiger partial charge on any atom is 0.122 e. The van der Waals surface area contributed by atoms with E-state index in [1.807, 2.05) is 0 Å². The van der Waals surface area contributed by atoms with Crippen molar-refractivity contribution in [3.8, 4) is 5.75 Å². The second-order valence-corrected chi connectivity index (χ2v) is 6.60. The molecule has 0 heterocycles. The van der Waals surface area contributed by atoms with Crippen molar-refractivity contribution < 1.29 is 4.74 Å². The largest absolute Gasteiger partial charge is 0.496 e. The maximum absolute atomic E-state index is 5.53. The van der Waals surface area contributed by atoms with Gasteiger partial charge in [0.1, 0.15) is 5.75 Å². The minimum absolute atomic E-state index is 0.591. The van der Waals surface area contributed by atoms with Crippen molar-refractivity contribution >= 4 is 0 Å². The first kappa shape index (κ1) is 16.4. The van der Waals surface area contributed by atoms with Gasteiger partial charge in [0.15, 0.2) is 0 Å². The van der Waals surface area contributed by atoms with Crippen LogP contribution in [0.2, 0.25) is 0 Å². The van der Waals surface area contributed by atoms with Gasteiger partial charge >= 0.3 is 0 Å². The highest BCUT2D eigenvalue weighted by Gasteiger charge is 2.26. The van der Waals surface area contributed by atoms with E-state index >= 15 is 0 Å². The molecule has 1 N–H and O–H groups in total. The monoisotopic (exact) mass is 289 g/mol. The van der Waals surface area contributed by atoms with Crippen LogP contribution in [0.25, 0.3) is 0 Å². The van der Waals surface area contributed by atoms with E-state index in [9.17, 15) is 0 Å². The molecule has 1 atom stereocenters. The summed E-state index contributed by atoms with van der Waals surface area (Å²) >= 11 is 0. The van der Waals surface area contributed by atoms with Crippen molar-refractivity contribution in [1.82, 2.24) is 5.32 Å². The molecular weight excluding hydrogens is 258 g/mol. The van der Waals surface area contributed by atoms with Gasteiger partial charge in [-0.15, -0.1) is 0 Å². The Labute approximate surface area is 130 Å². The lowest BCUT2D eigenvalue weighted by Crippen LogP contribution is -2.40. The fraction of sp³-hybridized carbons (Fsp3) is 0.684. The lowest BCUT2D eigenvalue weighted by Gasteiger charge is -2.34. The zero-order valence-electron chi connectivity index (χ0n) is 13.9. The van der Waals surface area contributed by atoms with Crippen molar-refractivity contribution in [1.29, 1.82) is 0 Å². The molecule has 0 saturated heterocycles. The molecule has 1 unspecified atom stereocenters. The van der Waals surface area contributed by atoms with E-state index in [0.29, 0.717) is 6.04 Å². The number of methoxy groups -OCH3 is 1. The van der Waals surface area contributed by atoms with Gasteiger partial charge < -0.3 is 10.1 Å². The molecule has 21 heavy (non-hydrogen) atoms. The number of nitrogens with one attached hydrogen (secondary N) is 1. The summed E-state index contributed by atoms with van der Waals surface area (Å²) in [4.78, 5) is 0. The van der Waals surface area contributed by atoms with Gasteiger partial charge in [-0.2, -0.15) is 0 Å². The molecule has 1 aromatic carbocycles. The molecular formula is C19H31NO. The molecule has 0 spiro atoms. The fourth-order valence-electron chi connectivity index (χ4n) is 3.53. The molecule has 1 aliphatic carbocycles. The first-order valence-electron chi connectivity index (χ1n) is 8.59. The number of benzene rings is 1. The Balaban J connectivity index is 2.05. The van der Waals surface area contributed by atoms with E-state index in [0.717, 1.165) is 30.6 Å². The Hall–Kier alpha value is -1.02. The molecule has 0 radical (unpaired) electrons. The van der Waals surface area contributed by atoms with Crippen molar-refractivity contribution in [2.75, 3.05) is 13.7 Å². The molecule has 1 saturated carbocycles. The van der Waals surface area contributed by atoms with E-state index in [2.05, 4.69) is 43.4 Å². The molecule has 2 rings (SSSR count). The second-order valence-electron chi connectivity index (χ2n) is 6.60. The molecule has 2 nitrogen and oxygen atoms in total. The highest BCUT2D eigenvalue weighted by atomic mass is 16.5.